The summed E-state index contributed by atoms with van der Waals surface area (Å²) in [5, 5.41) is 0. The van der Waals surface area contributed by atoms with Gasteiger partial charge in [0.05, 0.1) is 0 Å². The summed E-state index contributed by atoms with van der Waals surface area (Å²) in [6, 6.07) is 0. The Balaban J connectivity index is 3.07. The molecule has 9 heteroatoms. The summed E-state index contributed by atoms with van der Waals surface area (Å²) < 4.78 is 37.7. The predicted octanol–water partition coefficient (Wildman–Crippen LogP) is -0.102. The van der Waals surface area contributed by atoms with Crippen LogP contribution in [0.3, 0.4) is 0 Å². The molecule has 1 aliphatic heterocycles. The summed E-state index contributed by atoms with van der Waals surface area (Å²) in [6.07, 6.45) is -4.34. The van der Waals surface area contributed by atoms with E-state index in [1.165, 1.54) is 42.3 Å². The van der Waals surface area contributed by atoms with Gasteiger partial charge < -0.3 is 33.2 Å². The van der Waals surface area contributed by atoms with Crippen LogP contribution in [0.2, 0.25) is 0 Å². The van der Waals surface area contributed by atoms with Gasteiger partial charge in [0.2, 0.25) is 0 Å². The minimum atomic E-state index is -0.814. The molecule has 1 fully saturated rings. The first-order chi connectivity index (χ1) is 11.4. The van der Waals surface area contributed by atoms with Crippen molar-refractivity contribution in [2.45, 2.75) is 50.7 Å². The van der Waals surface area contributed by atoms with Gasteiger partial charge in [0.25, 0.3) is 0 Å². The molecule has 0 N–H and O–H groups in total. The van der Waals surface area contributed by atoms with Crippen LogP contribution in [0.1, 0.15) is 13.8 Å². The highest BCUT2D eigenvalue weighted by Gasteiger charge is 2.51. The zero-order valence-electron chi connectivity index (χ0n) is 14.8. The van der Waals surface area contributed by atoms with Gasteiger partial charge in [-0.1, -0.05) is 0 Å². The van der Waals surface area contributed by atoms with Gasteiger partial charge in [-0.05, 0) is 0 Å². The fourth-order valence-electron chi connectivity index (χ4n) is 2.66. The molecule has 140 valence electrons. The second kappa shape index (κ2) is 9.90. The first-order valence-corrected chi connectivity index (χ1v) is 7.46. The van der Waals surface area contributed by atoms with Gasteiger partial charge in [-0.15, -0.1) is 0 Å². The van der Waals surface area contributed by atoms with E-state index in [4.69, 9.17) is 33.2 Å². The van der Waals surface area contributed by atoms with Crippen molar-refractivity contribution in [1.29, 1.82) is 0 Å². The third-order valence-electron chi connectivity index (χ3n) is 3.73. The van der Waals surface area contributed by atoms with E-state index < -0.39 is 48.7 Å². The van der Waals surface area contributed by atoms with Gasteiger partial charge in [-0.3, -0.25) is 9.59 Å². The minimum Gasteiger partial charge on any atom is -0.463 e. The van der Waals surface area contributed by atoms with E-state index in [1.54, 1.807) is 0 Å². The Labute approximate surface area is 141 Å². The molecule has 1 rings (SSSR count). The molecule has 0 aromatic carbocycles. The number of hydrogen-bond donors (Lipinski definition) is 0. The Morgan fingerprint density at radius 2 is 1.54 bits per heavy atom. The van der Waals surface area contributed by atoms with Gasteiger partial charge >= 0.3 is 11.9 Å². The van der Waals surface area contributed by atoms with Gasteiger partial charge in [0.1, 0.15) is 31.0 Å². The quantitative estimate of drug-likeness (QED) is 0.556. The third-order valence-corrected chi connectivity index (χ3v) is 3.73. The lowest BCUT2D eigenvalue weighted by molar-refractivity contribution is -0.316. The summed E-state index contributed by atoms with van der Waals surface area (Å²) in [4.78, 5) is 22.5. The molecule has 9 nitrogen and oxygen atoms in total. The van der Waals surface area contributed by atoms with Crippen LogP contribution >= 0.6 is 0 Å². The monoisotopic (exact) mass is 350 g/mol. The van der Waals surface area contributed by atoms with E-state index in [0.29, 0.717) is 0 Å². The minimum absolute atomic E-state index is 0.0444. The Hall–Kier alpha value is -1.26. The number of esters is 2. The molecule has 0 amide bonds. The molecule has 0 aromatic heterocycles. The van der Waals surface area contributed by atoms with Crippen LogP contribution in [0.5, 0.6) is 0 Å². The normalized spacial score (nSPS) is 31.3. The van der Waals surface area contributed by atoms with Crippen molar-refractivity contribution < 1.29 is 42.7 Å². The van der Waals surface area contributed by atoms with Crippen LogP contribution in [0.25, 0.3) is 0 Å². The maximum atomic E-state index is 11.5. The molecular weight excluding hydrogens is 324 g/mol. The van der Waals surface area contributed by atoms with Crippen LogP contribution in [-0.4, -0.2) is 83.8 Å². The zero-order chi connectivity index (χ0) is 18.3. The molecule has 0 aromatic rings. The Kier molecular flexibility index (Phi) is 8.57. The van der Waals surface area contributed by atoms with Crippen molar-refractivity contribution in [3.05, 3.63) is 0 Å². The van der Waals surface area contributed by atoms with E-state index in [-0.39, 0.29) is 6.61 Å². The fourth-order valence-corrected chi connectivity index (χ4v) is 2.66. The van der Waals surface area contributed by atoms with Crippen molar-refractivity contribution >= 4 is 11.9 Å². The molecule has 1 aliphatic rings. The van der Waals surface area contributed by atoms with Crippen LogP contribution in [-0.2, 0) is 42.7 Å². The number of ether oxygens (including phenoxy) is 7. The molecule has 1 unspecified atom stereocenters. The number of carbonyl (C=O) groups is 2. The Bertz CT molecular complexity index is 414. The van der Waals surface area contributed by atoms with Crippen LogP contribution < -0.4 is 0 Å². The summed E-state index contributed by atoms with van der Waals surface area (Å²) in [5.74, 6) is -0.940. The topological polar surface area (TPSA) is 98.8 Å². The summed E-state index contributed by atoms with van der Waals surface area (Å²) >= 11 is 0. The van der Waals surface area contributed by atoms with Gasteiger partial charge in [-0.25, -0.2) is 0 Å². The second-order valence-electron chi connectivity index (χ2n) is 5.26. The second-order valence-corrected chi connectivity index (χ2v) is 5.26. The Morgan fingerprint density at radius 3 is 1.96 bits per heavy atom. The van der Waals surface area contributed by atoms with Crippen LogP contribution in [0.15, 0.2) is 0 Å². The average Bonchev–Trinajstić information content (AvgIpc) is 2.54. The molecule has 0 radical (unpaired) electrons. The summed E-state index contributed by atoms with van der Waals surface area (Å²) in [6.45, 7) is 2.54. The van der Waals surface area contributed by atoms with E-state index >= 15 is 0 Å². The van der Waals surface area contributed by atoms with E-state index in [0.717, 1.165) is 0 Å². The highest BCUT2D eigenvalue weighted by atomic mass is 16.7. The first-order valence-electron chi connectivity index (χ1n) is 7.46. The lowest BCUT2D eigenvalue weighted by atomic mass is 9.94. The molecule has 1 saturated heterocycles. The maximum absolute atomic E-state index is 11.5. The molecule has 0 saturated carbocycles. The number of carbonyl (C=O) groups excluding carboxylic acids is 2. The van der Waals surface area contributed by atoms with Crippen LogP contribution in [0.4, 0.5) is 0 Å². The van der Waals surface area contributed by atoms with Gasteiger partial charge in [0, 0.05) is 42.3 Å². The molecule has 0 aliphatic carbocycles. The number of rotatable bonds is 8. The Morgan fingerprint density at radius 1 is 0.917 bits per heavy atom. The zero-order valence-corrected chi connectivity index (χ0v) is 14.8. The van der Waals surface area contributed by atoms with Gasteiger partial charge in [-0.2, -0.15) is 0 Å². The predicted molar refractivity (Wildman–Crippen MR) is 80.2 cm³/mol. The van der Waals surface area contributed by atoms with Crippen molar-refractivity contribution in [1.82, 2.24) is 0 Å². The smallest absolute Gasteiger partial charge is 0.303 e. The maximum Gasteiger partial charge on any atom is 0.303 e. The highest BCUT2D eigenvalue weighted by molar-refractivity contribution is 5.66. The van der Waals surface area contributed by atoms with E-state index in [2.05, 4.69) is 0 Å². The lowest BCUT2D eigenvalue weighted by Gasteiger charge is -2.45. The molecule has 1 heterocycles. The van der Waals surface area contributed by atoms with Crippen LogP contribution in [0, 0.1) is 0 Å². The van der Waals surface area contributed by atoms with Crippen molar-refractivity contribution in [3.63, 3.8) is 0 Å². The highest BCUT2D eigenvalue weighted by Crippen LogP contribution is 2.30. The lowest BCUT2D eigenvalue weighted by Crippen LogP contribution is -2.64. The van der Waals surface area contributed by atoms with E-state index in [9.17, 15) is 9.59 Å². The molecule has 0 bridgehead atoms. The summed E-state index contributed by atoms with van der Waals surface area (Å²) in [7, 11) is 5.81. The molecule has 0 spiro atoms. The van der Waals surface area contributed by atoms with Crippen molar-refractivity contribution in [2.24, 2.45) is 0 Å². The number of methoxy groups -OCH3 is 4. The van der Waals surface area contributed by atoms with Crippen molar-refractivity contribution in [2.75, 3.05) is 35.0 Å². The third kappa shape index (κ3) is 5.12. The van der Waals surface area contributed by atoms with Crippen molar-refractivity contribution in [3.8, 4) is 0 Å². The molecule has 6 atom stereocenters. The standard InChI is InChI=1S/C15H26O9/c1-8(16)22-7-10(18-3)11-12(19-4)13(23-9(2)17)14(20-5)15(21-6)24-11/h10-15H,7H2,1-6H3/t10-,11-,12-,13+,14-,15?/m1/s1. The fraction of sp³-hybridized carbons (Fsp3) is 0.867. The first kappa shape index (κ1) is 20.8. The van der Waals surface area contributed by atoms with E-state index in [1.807, 2.05) is 0 Å². The number of hydrogen-bond acceptors (Lipinski definition) is 9. The summed E-state index contributed by atoms with van der Waals surface area (Å²) in [5.41, 5.74) is 0. The molecular formula is C15H26O9. The SMILES string of the molecule is COC1O[C@H]([C@@H](COC(C)=O)OC)[C@@H](OC)[C@H](OC(C)=O)[C@H]1OC. The largest absolute Gasteiger partial charge is 0.463 e. The average molecular weight is 350 g/mol. The molecule has 24 heavy (non-hydrogen) atoms. The van der Waals surface area contributed by atoms with Gasteiger partial charge in [0.15, 0.2) is 12.4 Å².